The summed E-state index contributed by atoms with van der Waals surface area (Å²) >= 11 is 0. The Morgan fingerprint density at radius 2 is 0.867 bits per heavy atom. The van der Waals surface area contributed by atoms with Crippen LogP contribution < -0.4 is 18.9 Å². The van der Waals surface area contributed by atoms with Crippen molar-refractivity contribution in [3.63, 3.8) is 0 Å². The van der Waals surface area contributed by atoms with Crippen molar-refractivity contribution in [1.82, 2.24) is 0 Å². The molecule has 12 heteroatoms. The maximum absolute atomic E-state index is 13.3. The van der Waals surface area contributed by atoms with Crippen molar-refractivity contribution in [1.29, 1.82) is 0 Å². The molecule has 242 valence electrons. The van der Waals surface area contributed by atoms with E-state index in [1.54, 1.807) is 61.5 Å². The maximum Gasteiger partial charge on any atom is 0.345 e. The van der Waals surface area contributed by atoms with Crippen LogP contribution in [0.5, 0.6) is 23.0 Å². The molecule has 0 radical (unpaired) electrons. The van der Waals surface area contributed by atoms with Crippen LogP contribution in [0.15, 0.2) is 54.6 Å². The molecule has 0 bridgehead atoms. The van der Waals surface area contributed by atoms with Crippen molar-refractivity contribution in [2.75, 3.05) is 48.3 Å². The minimum absolute atomic E-state index is 0.0295. The van der Waals surface area contributed by atoms with Crippen LogP contribution in [-0.4, -0.2) is 76.4 Å². The van der Waals surface area contributed by atoms with E-state index in [1.807, 2.05) is 0 Å². The largest absolute Gasteiger partial charge is 0.496 e. The summed E-state index contributed by atoms with van der Waals surface area (Å²) in [6.45, 7) is -0.183. The second kappa shape index (κ2) is 16.3. The van der Waals surface area contributed by atoms with Crippen molar-refractivity contribution in [2.24, 2.45) is 5.41 Å². The summed E-state index contributed by atoms with van der Waals surface area (Å²) in [4.78, 5) is 40.0. The van der Waals surface area contributed by atoms with Crippen LogP contribution in [0.1, 0.15) is 55.5 Å². The zero-order valence-corrected chi connectivity index (χ0v) is 25.9. The Balaban J connectivity index is 1.94. The van der Waals surface area contributed by atoms with Crippen molar-refractivity contribution in [2.45, 2.75) is 26.6 Å². The predicted molar refractivity (Wildman–Crippen MR) is 161 cm³/mol. The average molecular weight is 627 g/mol. The summed E-state index contributed by atoms with van der Waals surface area (Å²) in [5.74, 6) is -1.54. The SMILES string of the molecule is CCC(COC(=O)c1c(CO)cccc1OC)(COC(=O)c1c(CO)cccc1OC)COC(=O)c1c(OC)cccc1OC. The number of hydrogen-bond acceptors (Lipinski definition) is 12. The van der Waals surface area contributed by atoms with E-state index in [4.69, 9.17) is 33.2 Å². The first-order valence-electron chi connectivity index (χ1n) is 14.0. The van der Waals surface area contributed by atoms with Crippen LogP contribution in [0.3, 0.4) is 0 Å². The fourth-order valence-electron chi connectivity index (χ4n) is 4.58. The normalized spacial score (nSPS) is 10.9. The van der Waals surface area contributed by atoms with Gasteiger partial charge in [-0.1, -0.05) is 37.3 Å². The number of esters is 3. The summed E-state index contributed by atoms with van der Waals surface area (Å²) < 4.78 is 38.4. The number of rotatable bonds is 16. The smallest absolute Gasteiger partial charge is 0.345 e. The van der Waals surface area contributed by atoms with Crippen LogP contribution in [-0.2, 0) is 27.4 Å². The van der Waals surface area contributed by atoms with Gasteiger partial charge in [0.2, 0.25) is 0 Å². The standard InChI is InChI=1S/C33H38O12/c1-6-33(18-43-30(36)27-21(16-34)10-7-12-23(27)39-2,19-44-31(37)28-22(17-35)11-8-13-24(28)40-3)20-45-32(38)29-25(41-4)14-9-15-26(29)42-5/h7-15,34-35H,6,16-20H2,1-5H3. The van der Waals surface area contributed by atoms with Gasteiger partial charge in [0.15, 0.2) is 0 Å². The molecule has 0 aliphatic rings. The Labute approximate surface area is 261 Å². The van der Waals surface area contributed by atoms with Crippen LogP contribution in [0.2, 0.25) is 0 Å². The summed E-state index contributed by atoms with van der Waals surface area (Å²) in [7, 11) is 5.57. The molecule has 3 rings (SSSR count). The van der Waals surface area contributed by atoms with E-state index in [-0.39, 0.29) is 77.1 Å². The number of aliphatic hydroxyl groups excluding tert-OH is 2. The van der Waals surface area contributed by atoms with E-state index >= 15 is 0 Å². The zero-order valence-electron chi connectivity index (χ0n) is 25.9. The van der Waals surface area contributed by atoms with Gasteiger partial charge < -0.3 is 43.4 Å². The number of methoxy groups -OCH3 is 4. The first kappa shape index (κ1) is 34.7. The summed E-state index contributed by atoms with van der Waals surface area (Å²) in [6.07, 6.45) is 0.224. The molecule has 0 amide bonds. The molecule has 12 nitrogen and oxygen atoms in total. The number of aliphatic hydroxyl groups is 2. The molecule has 0 fully saturated rings. The lowest BCUT2D eigenvalue weighted by atomic mass is 9.87. The van der Waals surface area contributed by atoms with Gasteiger partial charge in [-0.3, -0.25) is 0 Å². The number of carbonyl (C=O) groups excluding carboxylic acids is 3. The lowest BCUT2D eigenvalue weighted by Crippen LogP contribution is -2.39. The molecule has 0 saturated heterocycles. The number of carbonyl (C=O) groups is 3. The summed E-state index contributed by atoms with van der Waals surface area (Å²) in [6, 6.07) is 14.3. The molecule has 2 N–H and O–H groups in total. The molecule has 3 aromatic carbocycles. The second-order valence-corrected chi connectivity index (χ2v) is 9.92. The van der Waals surface area contributed by atoms with E-state index < -0.39 is 36.5 Å². The second-order valence-electron chi connectivity index (χ2n) is 9.92. The highest BCUT2D eigenvalue weighted by Gasteiger charge is 2.36. The number of hydrogen-bond donors (Lipinski definition) is 2. The minimum atomic E-state index is -1.24. The van der Waals surface area contributed by atoms with Gasteiger partial charge in [-0.25, -0.2) is 14.4 Å². The van der Waals surface area contributed by atoms with Crippen LogP contribution in [0.4, 0.5) is 0 Å². The van der Waals surface area contributed by atoms with E-state index in [9.17, 15) is 24.6 Å². The summed E-state index contributed by atoms with van der Waals surface area (Å²) in [5.41, 5.74) is -0.557. The third-order valence-corrected chi connectivity index (χ3v) is 7.32. The Kier molecular flexibility index (Phi) is 12.6. The van der Waals surface area contributed by atoms with Crippen molar-refractivity contribution < 1.29 is 57.8 Å². The van der Waals surface area contributed by atoms with Gasteiger partial charge in [0, 0.05) is 0 Å². The lowest BCUT2D eigenvalue weighted by molar-refractivity contribution is -0.0385. The monoisotopic (exact) mass is 626 g/mol. The molecule has 0 aromatic heterocycles. The van der Waals surface area contributed by atoms with Crippen LogP contribution >= 0.6 is 0 Å². The van der Waals surface area contributed by atoms with Gasteiger partial charge in [-0.05, 0) is 41.8 Å². The molecule has 0 aliphatic carbocycles. The van der Waals surface area contributed by atoms with Gasteiger partial charge in [-0.15, -0.1) is 0 Å². The fourth-order valence-corrected chi connectivity index (χ4v) is 4.58. The molecule has 45 heavy (non-hydrogen) atoms. The predicted octanol–water partition coefficient (Wildman–Crippen LogP) is 3.97. The highest BCUT2D eigenvalue weighted by atomic mass is 16.6. The van der Waals surface area contributed by atoms with E-state index in [2.05, 4.69) is 0 Å². The lowest BCUT2D eigenvalue weighted by Gasteiger charge is -2.31. The quantitative estimate of drug-likeness (QED) is 0.174. The van der Waals surface area contributed by atoms with Gasteiger partial charge >= 0.3 is 17.9 Å². The van der Waals surface area contributed by atoms with Gasteiger partial charge in [0.1, 0.15) is 59.5 Å². The third kappa shape index (κ3) is 8.02. The molecule has 0 aliphatic heterocycles. The van der Waals surface area contributed by atoms with Crippen LogP contribution in [0, 0.1) is 5.41 Å². The van der Waals surface area contributed by atoms with Crippen molar-refractivity contribution in [3.8, 4) is 23.0 Å². The molecule has 0 atom stereocenters. The fraction of sp³-hybridized carbons (Fsp3) is 0.364. The topological polar surface area (TPSA) is 156 Å². The Hall–Kier alpha value is -4.81. The highest BCUT2D eigenvalue weighted by Crippen LogP contribution is 2.32. The van der Waals surface area contributed by atoms with Crippen LogP contribution in [0.25, 0.3) is 0 Å². The molecular weight excluding hydrogens is 588 g/mol. The van der Waals surface area contributed by atoms with E-state index in [1.165, 1.54) is 28.4 Å². The molecular formula is C33H38O12. The van der Waals surface area contributed by atoms with E-state index in [0.29, 0.717) is 0 Å². The summed E-state index contributed by atoms with van der Waals surface area (Å²) in [5, 5.41) is 19.6. The minimum Gasteiger partial charge on any atom is -0.496 e. The average Bonchev–Trinajstić information content (AvgIpc) is 3.09. The van der Waals surface area contributed by atoms with Crippen molar-refractivity contribution in [3.05, 3.63) is 82.4 Å². The molecule has 0 unspecified atom stereocenters. The van der Waals surface area contributed by atoms with Gasteiger partial charge in [-0.2, -0.15) is 0 Å². The maximum atomic E-state index is 13.3. The number of benzene rings is 3. The molecule has 0 spiro atoms. The molecule has 0 saturated carbocycles. The van der Waals surface area contributed by atoms with Crippen molar-refractivity contribution >= 4 is 17.9 Å². The number of ether oxygens (including phenoxy) is 7. The molecule has 0 heterocycles. The first-order valence-corrected chi connectivity index (χ1v) is 14.0. The Morgan fingerprint density at radius 3 is 1.18 bits per heavy atom. The third-order valence-electron chi connectivity index (χ3n) is 7.32. The highest BCUT2D eigenvalue weighted by molar-refractivity contribution is 5.96. The first-order chi connectivity index (χ1) is 21.7. The zero-order chi connectivity index (χ0) is 33.0. The Bertz CT molecular complexity index is 1240. The molecule has 3 aromatic rings. The van der Waals surface area contributed by atoms with Gasteiger partial charge in [0.25, 0.3) is 0 Å². The van der Waals surface area contributed by atoms with E-state index in [0.717, 1.165) is 0 Å². The Morgan fingerprint density at radius 1 is 0.556 bits per heavy atom. The van der Waals surface area contributed by atoms with Gasteiger partial charge in [0.05, 0.1) is 47.1 Å².